The lowest BCUT2D eigenvalue weighted by Crippen LogP contribution is -2.42. The smallest absolute Gasteiger partial charge is 0.274 e. The predicted octanol–water partition coefficient (Wildman–Crippen LogP) is 2.72. The van der Waals surface area contributed by atoms with Gasteiger partial charge in [0, 0.05) is 11.3 Å². The summed E-state index contributed by atoms with van der Waals surface area (Å²) in [5, 5.41) is 9.78. The van der Waals surface area contributed by atoms with Gasteiger partial charge >= 0.3 is 0 Å². The number of ether oxygens (including phenoxy) is 1. The topological polar surface area (TPSA) is 110 Å². The molecule has 2 aromatic heterocycles. The number of aromatic amines is 1. The average Bonchev–Trinajstić information content (AvgIpc) is 3.00. The molecule has 0 radical (unpaired) electrons. The van der Waals surface area contributed by atoms with Crippen LogP contribution in [-0.4, -0.2) is 27.6 Å². The van der Waals surface area contributed by atoms with Crippen LogP contribution >= 0.6 is 11.3 Å². The SMILES string of the molecule is Cc1cn[nH]c1C(=O)Nc1sc2c(c1C(N)=O)CC(C)(C)OC2(C)C. The van der Waals surface area contributed by atoms with E-state index in [2.05, 4.69) is 15.5 Å². The number of nitrogens with two attached hydrogens (primary N) is 1. The zero-order valence-corrected chi connectivity index (χ0v) is 15.8. The van der Waals surface area contributed by atoms with Crippen molar-refractivity contribution in [3.63, 3.8) is 0 Å². The van der Waals surface area contributed by atoms with E-state index in [9.17, 15) is 9.59 Å². The first-order chi connectivity index (χ1) is 11.5. The Morgan fingerprint density at radius 2 is 2.04 bits per heavy atom. The van der Waals surface area contributed by atoms with Crippen LogP contribution in [0.15, 0.2) is 6.20 Å². The molecule has 0 spiro atoms. The van der Waals surface area contributed by atoms with Crippen molar-refractivity contribution in [1.29, 1.82) is 0 Å². The van der Waals surface area contributed by atoms with Crippen molar-refractivity contribution in [2.75, 3.05) is 5.32 Å². The Morgan fingerprint density at radius 1 is 1.36 bits per heavy atom. The Hall–Kier alpha value is -2.19. The first-order valence-corrected chi connectivity index (χ1v) is 8.81. The third-order valence-electron chi connectivity index (χ3n) is 4.22. The van der Waals surface area contributed by atoms with E-state index in [0.717, 1.165) is 16.0 Å². The van der Waals surface area contributed by atoms with Crippen molar-refractivity contribution in [2.24, 2.45) is 5.73 Å². The number of rotatable bonds is 3. The van der Waals surface area contributed by atoms with E-state index in [0.29, 0.717) is 22.7 Å². The number of primary amides is 1. The summed E-state index contributed by atoms with van der Waals surface area (Å²) in [6.45, 7) is 9.66. The van der Waals surface area contributed by atoms with Gasteiger partial charge in [-0.05, 0) is 45.7 Å². The van der Waals surface area contributed by atoms with Crippen LogP contribution < -0.4 is 11.1 Å². The maximum Gasteiger partial charge on any atom is 0.274 e. The molecule has 1 aliphatic rings. The maximum atomic E-state index is 12.5. The third kappa shape index (κ3) is 3.07. The molecule has 4 N–H and O–H groups in total. The summed E-state index contributed by atoms with van der Waals surface area (Å²) < 4.78 is 6.16. The number of hydrogen-bond donors (Lipinski definition) is 3. The highest BCUT2D eigenvalue weighted by Gasteiger charge is 2.42. The van der Waals surface area contributed by atoms with E-state index in [4.69, 9.17) is 10.5 Å². The first-order valence-electron chi connectivity index (χ1n) is 7.99. The molecule has 3 rings (SSSR count). The Bertz CT molecular complexity index is 863. The zero-order valence-electron chi connectivity index (χ0n) is 14.9. The van der Waals surface area contributed by atoms with E-state index in [-0.39, 0.29) is 5.91 Å². The molecule has 0 fully saturated rings. The van der Waals surface area contributed by atoms with Crippen molar-refractivity contribution < 1.29 is 14.3 Å². The second-order valence-electron chi connectivity index (χ2n) is 7.41. The fourth-order valence-electron chi connectivity index (χ4n) is 3.41. The number of aryl methyl sites for hydroxylation is 1. The van der Waals surface area contributed by atoms with Crippen molar-refractivity contribution in [3.05, 3.63) is 33.5 Å². The lowest BCUT2D eigenvalue weighted by atomic mass is 9.86. The third-order valence-corrected chi connectivity index (χ3v) is 5.67. The molecule has 25 heavy (non-hydrogen) atoms. The van der Waals surface area contributed by atoms with Crippen LogP contribution in [0, 0.1) is 6.92 Å². The van der Waals surface area contributed by atoms with Gasteiger partial charge in [0.25, 0.3) is 11.8 Å². The summed E-state index contributed by atoms with van der Waals surface area (Å²) >= 11 is 1.34. The van der Waals surface area contributed by atoms with Crippen LogP contribution in [0.3, 0.4) is 0 Å². The minimum atomic E-state index is -0.571. The van der Waals surface area contributed by atoms with Gasteiger partial charge in [0.1, 0.15) is 10.7 Å². The van der Waals surface area contributed by atoms with Crippen molar-refractivity contribution in [3.8, 4) is 0 Å². The number of nitrogens with zero attached hydrogens (tertiary/aromatic N) is 1. The van der Waals surface area contributed by atoms with Gasteiger partial charge in [0.05, 0.1) is 23.0 Å². The Kier molecular flexibility index (Phi) is 4.00. The number of anilines is 1. The molecule has 7 nitrogen and oxygen atoms in total. The lowest BCUT2D eigenvalue weighted by Gasteiger charge is -2.41. The summed E-state index contributed by atoms with van der Waals surface area (Å²) in [6.07, 6.45) is 2.13. The number of carbonyl (C=O) groups is 2. The summed E-state index contributed by atoms with van der Waals surface area (Å²) in [5.74, 6) is -0.906. The van der Waals surface area contributed by atoms with Gasteiger partial charge in [-0.15, -0.1) is 11.3 Å². The van der Waals surface area contributed by atoms with Gasteiger partial charge in [-0.2, -0.15) is 5.10 Å². The monoisotopic (exact) mass is 362 g/mol. The molecule has 0 atom stereocenters. The highest BCUT2D eigenvalue weighted by atomic mass is 32.1. The summed E-state index contributed by atoms with van der Waals surface area (Å²) in [5.41, 5.74) is 6.95. The van der Waals surface area contributed by atoms with Gasteiger partial charge in [-0.25, -0.2) is 0 Å². The molecule has 0 aliphatic carbocycles. The normalized spacial score (nSPS) is 17.8. The average molecular weight is 362 g/mol. The molecular formula is C17H22N4O3S. The predicted molar refractivity (Wildman–Crippen MR) is 96.0 cm³/mol. The van der Waals surface area contributed by atoms with Crippen LogP contribution in [-0.2, 0) is 16.8 Å². The molecule has 0 saturated carbocycles. The molecule has 2 aromatic rings. The number of aromatic nitrogens is 2. The number of carbonyl (C=O) groups excluding carboxylic acids is 2. The van der Waals surface area contributed by atoms with Crippen LogP contribution in [0.1, 0.15) is 64.5 Å². The Morgan fingerprint density at radius 3 is 2.60 bits per heavy atom. The zero-order chi connectivity index (χ0) is 18.6. The number of H-pyrrole nitrogens is 1. The van der Waals surface area contributed by atoms with Gasteiger partial charge in [-0.3, -0.25) is 14.7 Å². The highest BCUT2D eigenvalue weighted by Crippen LogP contribution is 2.48. The van der Waals surface area contributed by atoms with Crippen LogP contribution in [0.25, 0.3) is 0 Å². The molecule has 0 saturated heterocycles. The van der Waals surface area contributed by atoms with E-state index in [1.54, 1.807) is 13.1 Å². The molecular weight excluding hydrogens is 340 g/mol. The van der Waals surface area contributed by atoms with Crippen LogP contribution in [0.4, 0.5) is 5.00 Å². The number of fused-ring (bicyclic) bond motifs is 1. The summed E-state index contributed by atoms with van der Waals surface area (Å²) in [6, 6.07) is 0. The lowest BCUT2D eigenvalue weighted by molar-refractivity contribution is -0.135. The van der Waals surface area contributed by atoms with Gasteiger partial charge < -0.3 is 15.8 Å². The second-order valence-corrected chi connectivity index (χ2v) is 8.43. The van der Waals surface area contributed by atoms with E-state index < -0.39 is 17.1 Å². The summed E-state index contributed by atoms with van der Waals surface area (Å²) in [4.78, 5) is 25.6. The molecule has 0 aromatic carbocycles. The van der Waals surface area contributed by atoms with Gasteiger partial charge in [0.2, 0.25) is 0 Å². The quantitative estimate of drug-likeness (QED) is 0.779. The van der Waals surface area contributed by atoms with Crippen molar-refractivity contribution >= 4 is 28.2 Å². The maximum absolute atomic E-state index is 12.5. The largest absolute Gasteiger partial charge is 0.365 e. The Labute approximate surface area is 149 Å². The van der Waals surface area contributed by atoms with E-state index >= 15 is 0 Å². The highest BCUT2D eigenvalue weighted by molar-refractivity contribution is 7.17. The molecule has 8 heteroatoms. The Balaban J connectivity index is 2.07. The van der Waals surface area contributed by atoms with Gasteiger partial charge in [-0.1, -0.05) is 0 Å². The van der Waals surface area contributed by atoms with Gasteiger partial charge in [0.15, 0.2) is 0 Å². The molecule has 0 unspecified atom stereocenters. The fourth-order valence-corrected chi connectivity index (χ4v) is 4.67. The van der Waals surface area contributed by atoms with Crippen molar-refractivity contribution in [1.82, 2.24) is 10.2 Å². The van der Waals surface area contributed by atoms with Crippen LogP contribution in [0.5, 0.6) is 0 Å². The number of nitrogens with one attached hydrogen (secondary N) is 2. The fraction of sp³-hybridized carbons (Fsp3) is 0.471. The minimum absolute atomic E-state index is 0.353. The minimum Gasteiger partial charge on any atom is -0.365 e. The standard InChI is InChI=1S/C17H22N4O3S/c1-8-7-19-21-11(8)14(23)20-15-10(13(18)22)9-6-16(2,3)24-17(4,5)12(9)25-15/h7H,6H2,1-5H3,(H2,18,22)(H,19,21)(H,20,23). The molecule has 0 bridgehead atoms. The number of hydrogen-bond acceptors (Lipinski definition) is 5. The molecule has 3 heterocycles. The molecule has 2 amide bonds. The van der Waals surface area contributed by atoms with Crippen LogP contribution in [0.2, 0.25) is 0 Å². The van der Waals surface area contributed by atoms with E-state index in [1.165, 1.54) is 11.3 Å². The summed E-state index contributed by atoms with van der Waals surface area (Å²) in [7, 11) is 0. The van der Waals surface area contributed by atoms with Crippen molar-refractivity contribution in [2.45, 2.75) is 52.2 Å². The molecule has 134 valence electrons. The number of thiophene rings is 1. The number of amides is 2. The molecule has 1 aliphatic heterocycles. The van der Waals surface area contributed by atoms with E-state index in [1.807, 2.05) is 27.7 Å². The second kappa shape index (κ2) is 5.67. The first kappa shape index (κ1) is 17.6.